The molecule has 2 N–H and O–H groups in total. The molecule has 88 valence electrons. The van der Waals surface area contributed by atoms with Crippen LogP contribution in [0.1, 0.15) is 53.3 Å². The topological polar surface area (TPSA) is 51.8 Å². The molecular formula is C11H22ClN3. The minimum Gasteiger partial charge on any atom is -0.382 e. The second-order valence-electron chi connectivity index (χ2n) is 2.62. The molecule has 0 aliphatic rings. The molecule has 0 saturated carbocycles. The molecule has 1 aromatic heterocycles. The first kappa shape index (κ1) is 16.6. The van der Waals surface area contributed by atoms with E-state index in [0.717, 1.165) is 5.82 Å². The summed E-state index contributed by atoms with van der Waals surface area (Å²) in [6.45, 7) is 12.0. The Morgan fingerprint density at radius 1 is 1.20 bits per heavy atom. The molecule has 1 rings (SSSR count). The van der Waals surface area contributed by atoms with Gasteiger partial charge < -0.3 is 5.73 Å². The first-order chi connectivity index (χ1) is 7.11. The van der Waals surface area contributed by atoms with Crippen LogP contribution < -0.4 is 5.73 Å². The summed E-state index contributed by atoms with van der Waals surface area (Å²) in [6, 6.07) is 0. The average Bonchev–Trinajstić information content (AvgIpc) is 2.27. The summed E-state index contributed by atoms with van der Waals surface area (Å²) in [5.41, 5.74) is 5.48. The molecule has 0 aliphatic carbocycles. The molecule has 0 spiro atoms. The lowest BCUT2D eigenvalue weighted by atomic mass is 10.2. The minimum absolute atomic E-state index is 0.287. The van der Waals surface area contributed by atoms with E-state index in [9.17, 15) is 0 Å². The zero-order chi connectivity index (χ0) is 12.4. The van der Waals surface area contributed by atoms with E-state index in [-0.39, 0.29) is 5.92 Å². The van der Waals surface area contributed by atoms with Crippen LogP contribution in [-0.4, -0.2) is 9.97 Å². The Kier molecular flexibility index (Phi) is 10.7. The standard InChI is InChI=1S/C7H10ClN3.2C2H6/c1-4(2)7-10-3-5(8)6(9)11-7;2*1-2/h3-4H,1-2H3,(H2,9,10,11);2*1-2H3. The number of rotatable bonds is 1. The Balaban J connectivity index is 0. The summed E-state index contributed by atoms with van der Waals surface area (Å²) in [6.07, 6.45) is 1.53. The maximum Gasteiger partial charge on any atom is 0.145 e. The fourth-order valence-electron chi connectivity index (χ4n) is 0.673. The van der Waals surface area contributed by atoms with Gasteiger partial charge in [0.05, 0.1) is 6.20 Å². The van der Waals surface area contributed by atoms with Gasteiger partial charge in [-0.2, -0.15) is 0 Å². The smallest absolute Gasteiger partial charge is 0.145 e. The summed E-state index contributed by atoms with van der Waals surface area (Å²) in [5, 5.41) is 0.411. The molecular weight excluding hydrogens is 210 g/mol. The van der Waals surface area contributed by atoms with E-state index >= 15 is 0 Å². The lowest BCUT2D eigenvalue weighted by molar-refractivity contribution is 0.777. The molecule has 0 saturated heterocycles. The Hall–Kier alpha value is -0.830. The summed E-state index contributed by atoms with van der Waals surface area (Å²) in [7, 11) is 0. The number of aromatic nitrogens is 2. The number of nitrogens with two attached hydrogens (primary N) is 1. The van der Waals surface area contributed by atoms with Crippen molar-refractivity contribution in [2.75, 3.05) is 5.73 Å². The molecule has 0 fully saturated rings. The van der Waals surface area contributed by atoms with Gasteiger partial charge >= 0.3 is 0 Å². The Morgan fingerprint density at radius 3 is 2.00 bits per heavy atom. The third-order valence-electron chi connectivity index (χ3n) is 1.31. The highest BCUT2D eigenvalue weighted by atomic mass is 35.5. The van der Waals surface area contributed by atoms with Crippen LogP contribution in [0.5, 0.6) is 0 Å². The van der Waals surface area contributed by atoms with Crippen LogP contribution in [0.2, 0.25) is 5.02 Å². The molecule has 1 heterocycles. The normalized spacial score (nSPS) is 8.53. The number of hydrogen-bond acceptors (Lipinski definition) is 3. The van der Waals surface area contributed by atoms with E-state index in [0.29, 0.717) is 10.8 Å². The van der Waals surface area contributed by atoms with Crippen LogP contribution >= 0.6 is 11.6 Å². The van der Waals surface area contributed by atoms with Gasteiger partial charge in [-0.05, 0) is 0 Å². The van der Waals surface area contributed by atoms with Gasteiger partial charge in [0, 0.05) is 5.92 Å². The Labute approximate surface area is 98.1 Å². The van der Waals surface area contributed by atoms with E-state index in [2.05, 4.69) is 9.97 Å². The number of anilines is 1. The lowest BCUT2D eigenvalue weighted by Gasteiger charge is -2.03. The van der Waals surface area contributed by atoms with Crippen LogP contribution in [0.4, 0.5) is 5.82 Å². The summed E-state index contributed by atoms with van der Waals surface area (Å²) < 4.78 is 0. The third-order valence-corrected chi connectivity index (χ3v) is 1.60. The zero-order valence-corrected chi connectivity index (χ0v) is 11.3. The van der Waals surface area contributed by atoms with Crippen LogP contribution in [-0.2, 0) is 0 Å². The molecule has 0 radical (unpaired) electrons. The Morgan fingerprint density at radius 2 is 1.67 bits per heavy atom. The molecule has 0 amide bonds. The van der Waals surface area contributed by atoms with Gasteiger partial charge in [-0.25, -0.2) is 9.97 Å². The van der Waals surface area contributed by atoms with Crippen molar-refractivity contribution in [3.05, 3.63) is 17.0 Å². The fourth-order valence-corrected chi connectivity index (χ4v) is 0.764. The van der Waals surface area contributed by atoms with E-state index < -0.39 is 0 Å². The number of hydrogen-bond donors (Lipinski definition) is 1. The van der Waals surface area contributed by atoms with Crippen molar-refractivity contribution in [2.24, 2.45) is 0 Å². The Bertz CT molecular complexity index is 262. The second kappa shape index (κ2) is 9.71. The van der Waals surface area contributed by atoms with Crippen molar-refractivity contribution in [3.63, 3.8) is 0 Å². The molecule has 15 heavy (non-hydrogen) atoms. The SMILES string of the molecule is CC.CC.CC(C)c1ncc(Cl)c(N)n1. The van der Waals surface area contributed by atoms with Gasteiger partial charge in [-0.3, -0.25) is 0 Å². The molecule has 0 bridgehead atoms. The van der Waals surface area contributed by atoms with Crippen molar-refractivity contribution in [1.82, 2.24) is 9.97 Å². The largest absolute Gasteiger partial charge is 0.382 e. The molecule has 1 aromatic rings. The first-order valence-corrected chi connectivity index (χ1v) is 5.77. The molecule has 0 unspecified atom stereocenters. The minimum atomic E-state index is 0.287. The first-order valence-electron chi connectivity index (χ1n) is 5.39. The highest BCUT2D eigenvalue weighted by molar-refractivity contribution is 6.32. The number of nitrogen functional groups attached to an aromatic ring is 1. The monoisotopic (exact) mass is 231 g/mol. The number of nitrogens with zero attached hydrogens (tertiary/aromatic N) is 2. The van der Waals surface area contributed by atoms with Gasteiger partial charge in [0.15, 0.2) is 0 Å². The molecule has 0 atom stereocenters. The van der Waals surface area contributed by atoms with Crippen molar-refractivity contribution in [2.45, 2.75) is 47.5 Å². The van der Waals surface area contributed by atoms with Crippen LogP contribution in [0.3, 0.4) is 0 Å². The summed E-state index contributed by atoms with van der Waals surface area (Å²) >= 11 is 5.64. The predicted molar refractivity (Wildman–Crippen MR) is 68.2 cm³/mol. The molecule has 0 aliphatic heterocycles. The maximum absolute atomic E-state index is 5.64. The van der Waals surface area contributed by atoms with Gasteiger partial charge in [-0.1, -0.05) is 53.1 Å². The van der Waals surface area contributed by atoms with Crippen LogP contribution in [0.15, 0.2) is 6.20 Å². The van der Waals surface area contributed by atoms with E-state index in [1.165, 1.54) is 6.20 Å². The van der Waals surface area contributed by atoms with Gasteiger partial charge in [0.25, 0.3) is 0 Å². The summed E-state index contributed by atoms with van der Waals surface area (Å²) in [5.74, 6) is 1.37. The third kappa shape index (κ3) is 6.28. The summed E-state index contributed by atoms with van der Waals surface area (Å²) in [4.78, 5) is 8.02. The molecule has 0 aromatic carbocycles. The average molecular weight is 232 g/mol. The molecule has 4 heteroatoms. The highest BCUT2D eigenvalue weighted by Gasteiger charge is 2.04. The van der Waals surface area contributed by atoms with Crippen molar-refractivity contribution < 1.29 is 0 Å². The van der Waals surface area contributed by atoms with E-state index in [4.69, 9.17) is 17.3 Å². The lowest BCUT2D eigenvalue weighted by Crippen LogP contribution is -2.01. The highest BCUT2D eigenvalue weighted by Crippen LogP contribution is 2.16. The fraction of sp³-hybridized carbons (Fsp3) is 0.636. The van der Waals surface area contributed by atoms with Gasteiger partial charge in [0.1, 0.15) is 16.7 Å². The molecule has 3 nitrogen and oxygen atoms in total. The van der Waals surface area contributed by atoms with Gasteiger partial charge in [0.2, 0.25) is 0 Å². The number of halogens is 1. The predicted octanol–water partition coefficient (Wildman–Crippen LogP) is 3.89. The van der Waals surface area contributed by atoms with E-state index in [1.807, 2.05) is 41.5 Å². The van der Waals surface area contributed by atoms with Crippen LogP contribution in [0.25, 0.3) is 0 Å². The van der Waals surface area contributed by atoms with Crippen LogP contribution in [0, 0.1) is 0 Å². The van der Waals surface area contributed by atoms with E-state index in [1.54, 1.807) is 0 Å². The zero-order valence-electron chi connectivity index (χ0n) is 10.5. The maximum atomic E-state index is 5.64. The quantitative estimate of drug-likeness (QED) is 0.798. The second-order valence-corrected chi connectivity index (χ2v) is 3.02. The van der Waals surface area contributed by atoms with Crippen molar-refractivity contribution >= 4 is 17.4 Å². The van der Waals surface area contributed by atoms with Crippen molar-refractivity contribution in [1.29, 1.82) is 0 Å². The van der Waals surface area contributed by atoms with Gasteiger partial charge in [-0.15, -0.1) is 0 Å². The van der Waals surface area contributed by atoms with Crippen molar-refractivity contribution in [3.8, 4) is 0 Å².